The van der Waals surface area contributed by atoms with Crippen LogP contribution in [-0.2, 0) is 11.3 Å². The van der Waals surface area contributed by atoms with E-state index in [2.05, 4.69) is 4.90 Å². The highest BCUT2D eigenvalue weighted by Gasteiger charge is 2.55. The molecule has 0 radical (unpaired) electrons. The Hall–Kier alpha value is -2.15. The van der Waals surface area contributed by atoms with Crippen molar-refractivity contribution < 1.29 is 19.1 Å². The van der Waals surface area contributed by atoms with Crippen molar-refractivity contribution in [3.8, 4) is 5.75 Å². The molecule has 3 fully saturated rings. The lowest BCUT2D eigenvalue weighted by atomic mass is 9.76. The Balaban J connectivity index is 1.40. The van der Waals surface area contributed by atoms with Crippen LogP contribution in [0.25, 0.3) is 0 Å². The second-order valence-electron chi connectivity index (χ2n) is 7.74. The van der Waals surface area contributed by atoms with E-state index in [0.29, 0.717) is 25.2 Å². The lowest BCUT2D eigenvalue weighted by Crippen LogP contribution is -2.43. The molecule has 0 saturated carbocycles. The number of carbonyl (C=O) groups is 2. The summed E-state index contributed by atoms with van der Waals surface area (Å²) >= 11 is 0. The number of amides is 3. The quantitative estimate of drug-likeness (QED) is 0.838. The number of likely N-dealkylation sites (tertiary alicyclic amines) is 1. The Kier molecular flexibility index (Phi) is 4.14. The van der Waals surface area contributed by atoms with Crippen LogP contribution in [-0.4, -0.2) is 64.0 Å². The number of likely N-dealkylation sites (N-methyl/N-ethyl adjacent to an activating group) is 1. The summed E-state index contributed by atoms with van der Waals surface area (Å²) in [6.07, 6.45) is 2.55. The van der Waals surface area contributed by atoms with Gasteiger partial charge >= 0.3 is 6.03 Å². The summed E-state index contributed by atoms with van der Waals surface area (Å²) < 4.78 is 13.5. The van der Waals surface area contributed by atoms with Crippen molar-refractivity contribution in [3.63, 3.8) is 0 Å². The Morgan fingerprint density at radius 1 is 1.27 bits per heavy atom. The number of halogens is 1. The predicted octanol–water partition coefficient (Wildman–Crippen LogP) is 2.17. The molecule has 3 heterocycles. The van der Waals surface area contributed by atoms with Crippen LogP contribution < -0.4 is 0 Å². The SMILES string of the molecule is CCN1C(=O)C2CC3(CCN(Cc4cccc(F)c4O)CC3)CN2C1=O. The summed E-state index contributed by atoms with van der Waals surface area (Å²) in [4.78, 5) is 30.1. The number of piperidine rings is 1. The molecule has 1 spiro atoms. The average Bonchev–Trinajstić information content (AvgIpc) is 3.10. The summed E-state index contributed by atoms with van der Waals surface area (Å²) in [5.74, 6) is -0.920. The number of phenolic OH excluding ortho intramolecular Hbond substituents is 1. The van der Waals surface area contributed by atoms with E-state index in [-0.39, 0.29) is 29.1 Å². The Morgan fingerprint density at radius 3 is 2.65 bits per heavy atom. The van der Waals surface area contributed by atoms with Crippen LogP contribution in [0.5, 0.6) is 5.75 Å². The van der Waals surface area contributed by atoms with Gasteiger partial charge in [-0.25, -0.2) is 9.18 Å². The van der Waals surface area contributed by atoms with Gasteiger partial charge in [0.25, 0.3) is 5.91 Å². The number of carbonyl (C=O) groups excluding carboxylic acids is 2. The smallest absolute Gasteiger partial charge is 0.327 e. The second-order valence-corrected chi connectivity index (χ2v) is 7.74. The molecule has 1 unspecified atom stereocenters. The minimum atomic E-state index is -0.593. The maximum atomic E-state index is 13.5. The molecule has 1 aromatic rings. The number of imide groups is 1. The highest BCUT2D eigenvalue weighted by Crippen LogP contribution is 2.46. The average molecular weight is 361 g/mol. The third-order valence-corrected chi connectivity index (χ3v) is 6.23. The maximum absolute atomic E-state index is 13.5. The lowest BCUT2D eigenvalue weighted by molar-refractivity contribution is -0.128. The number of hydrogen-bond donors (Lipinski definition) is 1. The fourth-order valence-electron chi connectivity index (χ4n) is 4.67. The molecule has 3 aliphatic rings. The summed E-state index contributed by atoms with van der Waals surface area (Å²) in [7, 11) is 0. The predicted molar refractivity (Wildman–Crippen MR) is 92.9 cm³/mol. The van der Waals surface area contributed by atoms with Gasteiger partial charge in [0.1, 0.15) is 6.04 Å². The molecule has 3 amide bonds. The van der Waals surface area contributed by atoms with Crippen molar-refractivity contribution in [1.82, 2.24) is 14.7 Å². The van der Waals surface area contributed by atoms with E-state index in [0.717, 1.165) is 32.4 Å². The molecule has 0 bridgehead atoms. The van der Waals surface area contributed by atoms with Gasteiger partial charge in [-0.15, -0.1) is 0 Å². The van der Waals surface area contributed by atoms with Crippen LogP contribution in [0.2, 0.25) is 0 Å². The lowest BCUT2D eigenvalue weighted by Gasteiger charge is -2.39. The molecule has 1 aromatic carbocycles. The molecular formula is C19H24FN3O3. The second kappa shape index (κ2) is 6.23. The Labute approximate surface area is 152 Å². The van der Waals surface area contributed by atoms with Crippen molar-refractivity contribution in [3.05, 3.63) is 29.6 Å². The molecule has 0 aliphatic carbocycles. The van der Waals surface area contributed by atoms with Gasteiger partial charge in [0.2, 0.25) is 0 Å². The number of phenols is 1. The number of rotatable bonds is 3. The zero-order chi connectivity index (χ0) is 18.5. The van der Waals surface area contributed by atoms with Gasteiger partial charge in [-0.05, 0) is 50.8 Å². The van der Waals surface area contributed by atoms with Crippen LogP contribution in [0.15, 0.2) is 18.2 Å². The molecule has 26 heavy (non-hydrogen) atoms. The highest BCUT2D eigenvalue weighted by atomic mass is 19.1. The number of benzene rings is 1. The summed E-state index contributed by atoms with van der Waals surface area (Å²) in [6.45, 7) is 5.05. The number of hydrogen-bond acceptors (Lipinski definition) is 4. The first-order valence-corrected chi connectivity index (χ1v) is 9.25. The fraction of sp³-hybridized carbons (Fsp3) is 0.579. The minimum Gasteiger partial charge on any atom is -0.505 e. The van der Waals surface area contributed by atoms with E-state index in [1.807, 2.05) is 6.92 Å². The van der Waals surface area contributed by atoms with Gasteiger partial charge in [-0.2, -0.15) is 0 Å². The number of urea groups is 1. The zero-order valence-electron chi connectivity index (χ0n) is 14.9. The molecule has 1 N–H and O–H groups in total. The summed E-state index contributed by atoms with van der Waals surface area (Å²) in [6, 6.07) is 4.17. The molecule has 4 rings (SSSR count). The number of nitrogens with zero attached hydrogens (tertiary/aromatic N) is 3. The highest BCUT2D eigenvalue weighted by molar-refractivity contribution is 6.04. The molecular weight excluding hydrogens is 337 g/mol. The van der Waals surface area contributed by atoms with Crippen LogP contribution in [0, 0.1) is 11.2 Å². The third kappa shape index (κ3) is 2.65. The number of para-hydroxylation sites is 1. The monoisotopic (exact) mass is 361 g/mol. The molecule has 1 atom stereocenters. The summed E-state index contributed by atoms with van der Waals surface area (Å²) in [5, 5.41) is 9.86. The van der Waals surface area contributed by atoms with Crippen LogP contribution >= 0.6 is 0 Å². The first kappa shape index (κ1) is 17.3. The molecule has 6 nitrogen and oxygen atoms in total. The largest absolute Gasteiger partial charge is 0.505 e. The van der Waals surface area contributed by atoms with Gasteiger partial charge in [0, 0.05) is 25.2 Å². The number of fused-ring (bicyclic) bond motifs is 1. The van der Waals surface area contributed by atoms with E-state index < -0.39 is 5.82 Å². The van der Waals surface area contributed by atoms with Gasteiger partial charge in [0.15, 0.2) is 11.6 Å². The zero-order valence-corrected chi connectivity index (χ0v) is 14.9. The van der Waals surface area contributed by atoms with Crippen molar-refractivity contribution in [2.24, 2.45) is 5.41 Å². The van der Waals surface area contributed by atoms with Crippen molar-refractivity contribution in [2.45, 2.75) is 38.8 Å². The van der Waals surface area contributed by atoms with E-state index in [1.54, 1.807) is 17.0 Å². The van der Waals surface area contributed by atoms with Gasteiger partial charge in [-0.3, -0.25) is 14.6 Å². The fourth-order valence-corrected chi connectivity index (χ4v) is 4.67. The maximum Gasteiger partial charge on any atom is 0.327 e. The van der Waals surface area contributed by atoms with Gasteiger partial charge in [-0.1, -0.05) is 12.1 Å². The molecule has 140 valence electrons. The van der Waals surface area contributed by atoms with E-state index in [9.17, 15) is 19.1 Å². The van der Waals surface area contributed by atoms with E-state index in [4.69, 9.17) is 0 Å². The normalized spacial score (nSPS) is 25.4. The summed E-state index contributed by atoms with van der Waals surface area (Å²) in [5.41, 5.74) is 0.605. The Bertz CT molecular complexity index is 720. The van der Waals surface area contributed by atoms with E-state index >= 15 is 0 Å². The van der Waals surface area contributed by atoms with Crippen molar-refractivity contribution in [2.75, 3.05) is 26.2 Å². The first-order chi connectivity index (χ1) is 12.4. The van der Waals surface area contributed by atoms with Crippen molar-refractivity contribution in [1.29, 1.82) is 0 Å². The molecule has 7 heteroatoms. The first-order valence-electron chi connectivity index (χ1n) is 9.25. The van der Waals surface area contributed by atoms with Crippen LogP contribution in [0.1, 0.15) is 31.7 Å². The topological polar surface area (TPSA) is 64.1 Å². The van der Waals surface area contributed by atoms with Gasteiger partial charge < -0.3 is 10.0 Å². The standard InChI is InChI=1S/C19H24FN3O3/c1-2-22-17(25)15-10-19(12-23(15)18(22)26)6-8-21(9-7-19)11-13-4-3-5-14(20)16(13)24/h3-5,15,24H,2,6-12H2,1H3. The molecule has 3 saturated heterocycles. The van der Waals surface area contributed by atoms with Crippen molar-refractivity contribution >= 4 is 11.9 Å². The molecule has 0 aromatic heterocycles. The molecule has 3 aliphatic heterocycles. The third-order valence-electron chi connectivity index (χ3n) is 6.23. The van der Waals surface area contributed by atoms with Crippen LogP contribution in [0.3, 0.4) is 0 Å². The number of aromatic hydroxyl groups is 1. The van der Waals surface area contributed by atoms with Gasteiger partial charge in [0.05, 0.1) is 0 Å². The van der Waals surface area contributed by atoms with Crippen LogP contribution in [0.4, 0.5) is 9.18 Å². The van der Waals surface area contributed by atoms with E-state index in [1.165, 1.54) is 11.0 Å². The minimum absolute atomic E-state index is 0.0102. The Morgan fingerprint density at radius 2 is 2.00 bits per heavy atom.